The number of nitrogens with one attached hydrogen (secondary N) is 2. The number of aromatic nitrogens is 1. The molecule has 0 amide bonds. The van der Waals surface area contributed by atoms with E-state index in [1.54, 1.807) is 0 Å². The van der Waals surface area contributed by atoms with Crippen molar-refractivity contribution in [2.45, 2.75) is 25.4 Å². The van der Waals surface area contributed by atoms with E-state index in [9.17, 15) is 0 Å². The molecule has 2 rings (SSSR count). The van der Waals surface area contributed by atoms with Crippen LogP contribution in [0.25, 0.3) is 0 Å². The van der Waals surface area contributed by atoms with Crippen molar-refractivity contribution in [2.24, 2.45) is 0 Å². The number of aromatic amines is 1. The smallest absolute Gasteiger partial charge is 0.0480 e. The number of H-pyrrole nitrogens is 1. The lowest BCUT2D eigenvalue weighted by Gasteiger charge is -2.22. The van der Waals surface area contributed by atoms with E-state index >= 15 is 0 Å². The van der Waals surface area contributed by atoms with Crippen molar-refractivity contribution >= 4 is 0 Å². The zero-order valence-electron chi connectivity index (χ0n) is 7.75. The molecule has 0 spiro atoms. The van der Waals surface area contributed by atoms with Crippen LogP contribution in [0.15, 0.2) is 18.5 Å². The van der Waals surface area contributed by atoms with E-state index in [1.165, 1.54) is 5.56 Å². The van der Waals surface area contributed by atoms with Gasteiger partial charge in [0.15, 0.2) is 0 Å². The molecule has 1 aliphatic rings. The summed E-state index contributed by atoms with van der Waals surface area (Å²) >= 11 is 0. The molecule has 13 heavy (non-hydrogen) atoms. The van der Waals surface area contributed by atoms with E-state index in [0.29, 0.717) is 6.04 Å². The number of hydrogen-bond donors (Lipinski definition) is 2. The quantitative estimate of drug-likeness (QED) is 0.735. The third kappa shape index (κ3) is 2.57. The van der Waals surface area contributed by atoms with Crippen LogP contribution in [0.1, 0.15) is 18.4 Å². The molecule has 72 valence electrons. The van der Waals surface area contributed by atoms with Crippen LogP contribution in [-0.4, -0.2) is 24.2 Å². The molecule has 0 atom stereocenters. The van der Waals surface area contributed by atoms with Crippen LogP contribution in [0.5, 0.6) is 0 Å². The summed E-state index contributed by atoms with van der Waals surface area (Å²) in [7, 11) is 0. The van der Waals surface area contributed by atoms with Gasteiger partial charge in [-0.05, 0) is 24.5 Å². The Hall–Kier alpha value is -0.800. The minimum Gasteiger partial charge on any atom is -0.381 e. The molecule has 0 aliphatic carbocycles. The molecule has 2 N–H and O–H groups in total. The number of ether oxygens (including phenoxy) is 1. The van der Waals surface area contributed by atoms with Crippen molar-refractivity contribution in [3.8, 4) is 0 Å². The van der Waals surface area contributed by atoms with Gasteiger partial charge in [0.25, 0.3) is 0 Å². The van der Waals surface area contributed by atoms with Crippen LogP contribution >= 0.6 is 0 Å². The lowest BCUT2D eigenvalue weighted by Crippen LogP contribution is -2.34. The molecule has 0 saturated carbocycles. The van der Waals surface area contributed by atoms with Crippen molar-refractivity contribution in [2.75, 3.05) is 13.2 Å². The van der Waals surface area contributed by atoms with E-state index in [4.69, 9.17) is 4.74 Å². The average Bonchev–Trinajstić information content (AvgIpc) is 2.69. The normalized spacial score (nSPS) is 19.1. The van der Waals surface area contributed by atoms with Gasteiger partial charge in [0.2, 0.25) is 0 Å². The van der Waals surface area contributed by atoms with Crippen LogP contribution in [0.2, 0.25) is 0 Å². The van der Waals surface area contributed by atoms with Crippen molar-refractivity contribution < 1.29 is 4.74 Å². The van der Waals surface area contributed by atoms with E-state index in [0.717, 1.165) is 32.6 Å². The number of hydrogen-bond acceptors (Lipinski definition) is 2. The maximum atomic E-state index is 5.29. The molecule has 2 heterocycles. The van der Waals surface area contributed by atoms with Gasteiger partial charge in [-0.15, -0.1) is 0 Å². The van der Waals surface area contributed by atoms with Crippen molar-refractivity contribution in [1.29, 1.82) is 0 Å². The molecule has 0 radical (unpaired) electrons. The second-order valence-electron chi connectivity index (χ2n) is 3.49. The maximum Gasteiger partial charge on any atom is 0.0480 e. The topological polar surface area (TPSA) is 37.0 Å². The minimum atomic E-state index is 0.642. The molecule has 3 nitrogen and oxygen atoms in total. The monoisotopic (exact) mass is 180 g/mol. The molecular weight excluding hydrogens is 164 g/mol. The summed E-state index contributed by atoms with van der Waals surface area (Å²) in [5.41, 5.74) is 1.33. The van der Waals surface area contributed by atoms with Crippen LogP contribution in [0, 0.1) is 0 Å². The molecule has 1 aromatic rings. The predicted octanol–water partition coefficient (Wildman–Crippen LogP) is 1.28. The van der Waals surface area contributed by atoms with Crippen LogP contribution in [-0.2, 0) is 11.3 Å². The molecule has 1 fully saturated rings. The highest BCUT2D eigenvalue weighted by Crippen LogP contribution is 2.07. The SMILES string of the molecule is c1cc(CNC2CCOCC2)c[nH]1. The maximum absolute atomic E-state index is 5.29. The molecule has 1 saturated heterocycles. The summed E-state index contributed by atoms with van der Waals surface area (Å²) in [6, 6.07) is 2.75. The first-order valence-electron chi connectivity index (χ1n) is 4.88. The fraction of sp³-hybridized carbons (Fsp3) is 0.600. The zero-order valence-corrected chi connectivity index (χ0v) is 7.75. The highest BCUT2D eigenvalue weighted by atomic mass is 16.5. The molecule has 0 aromatic carbocycles. The van der Waals surface area contributed by atoms with Crippen LogP contribution in [0.4, 0.5) is 0 Å². The van der Waals surface area contributed by atoms with Gasteiger partial charge in [-0.25, -0.2) is 0 Å². The third-order valence-electron chi connectivity index (χ3n) is 2.48. The van der Waals surface area contributed by atoms with Gasteiger partial charge < -0.3 is 15.0 Å². The Balaban J connectivity index is 1.72. The van der Waals surface area contributed by atoms with Crippen molar-refractivity contribution in [3.63, 3.8) is 0 Å². The molecule has 3 heteroatoms. The fourth-order valence-electron chi connectivity index (χ4n) is 1.63. The first-order chi connectivity index (χ1) is 6.45. The van der Waals surface area contributed by atoms with Gasteiger partial charge in [-0.3, -0.25) is 0 Å². The first kappa shape index (κ1) is 8.78. The standard InChI is InChI=1S/C10H16N2O/c1-4-11-7-9(1)8-12-10-2-5-13-6-3-10/h1,4,7,10-12H,2-3,5-6,8H2. The van der Waals surface area contributed by atoms with Gasteiger partial charge in [0.1, 0.15) is 0 Å². The Morgan fingerprint density at radius 3 is 3.00 bits per heavy atom. The summed E-state index contributed by atoms with van der Waals surface area (Å²) in [4.78, 5) is 3.05. The van der Waals surface area contributed by atoms with Gasteiger partial charge in [-0.2, -0.15) is 0 Å². The van der Waals surface area contributed by atoms with Gasteiger partial charge >= 0.3 is 0 Å². The molecule has 1 aliphatic heterocycles. The lowest BCUT2D eigenvalue weighted by molar-refractivity contribution is 0.0776. The second kappa shape index (κ2) is 4.44. The van der Waals surface area contributed by atoms with E-state index < -0.39 is 0 Å². The Morgan fingerprint density at radius 2 is 2.31 bits per heavy atom. The van der Waals surface area contributed by atoms with E-state index in [2.05, 4.69) is 16.4 Å². The summed E-state index contributed by atoms with van der Waals surface area (Å²) < 4.78 is 5.29. The molecular formula is C10H16N2O. The summed E-state index contributed by atoms with van der Waals surface area (Å²) in [5.74, 6) is 0. The Labute approximate surface area is 78.5 Å². The molecule has 0 bridgehead atoms. The summed E-state index contributed by atoms with van der Waals surface area (Å²) in [5, 5.41) is 3.52. The summed E-state index contributed by atoms with van der Waals surface area (Å²) in [6.07, 6.45) is 6.28. The highest BCUT2D eigenvalue weighted by molar-refractivity contribution is 5.07. The second-order valence-corrected chi connectivity index (χ2v) is 3.49. The van der Waals surface area contributed by atoms with Gasteiger partial charge in [0.05, 0.1) is 0 Å². The fourth-order valence-corrected chi connectivity index (χ4v) is 1.63. The largest absolute Gasteiger partial charge is 0.381 e. The third-order valence-corrected chi connectivity index (χ3v) is 2.48. The van der Waals surface area contributed by atoms with Crippen molar-refractivity contribution in [3.05, 3.63) is 24.0 Å². The van der Waals surface area contributed by atoms with Gasteiger partial charge in [0, 0.05) is 38.2 Å². The Morgan fingerprint density at radius 1 is 1.46 bits per heavy atom. The van der Waals surface area contributed by atoms with Crippen LogP contribution in [0.3, 0.4) is 0 Å². The lowest BCUT2D eigenvalue weighted by atomic mass is 10.1. The predicted molar refractivity (Wildman–Crippen MR) is 51.5 cm³/mol. The highest BCUT2D eigenvalue weighted by Gasteiger charge is 2.12. The average molecular weight is 180 g/mol. The molecule has 0 unspecified atom stereocenters. The summed E-state index contributed by atoms with van der Waals surface area (Å²) in [6.45, 7) is 2.78. The van der Waals surface area contributed by atoms with E-state index in [-0.39, 0.29) is 0 Å². The molecule has 1 aromatic heterocycles. The Kier molecular flexibility index (Phi) is 3.00. The van der Waals surface area contributed by atoms with Crippen LogP contribution < -0.4 is 5.32 Å². The van der Waals surface area contributed by atoms with Crippen molar-refractivity contribution in [1.82, 2.24) is 10.3 Å². The van der Waals surface area contributed by atoms with Gasteiger partial charge in [-0.1, -0.05) is 0 Å². The Bertz CT molecular complexity index is 227. The number of rotatable bonds is 3. The first-order valence-corrected chi connectivity index (χ1v) is 4.88. The minimum absolute atomic E-state index is 0.642. The zero-order chi connectivity index (χ0) is 8.93. The van der Waals surface area contributed by atoms with E-state index in [1.807, 2.05) is 12.4 Å².